The quantitative estimate of drug-likeness (QED) is 0.882. The van der Waals surface area contributed by atoms with Crippen molar-refractivity contribution in [2.24, 2.45) is 0 Å². The summed E-state index contributed by atoms with van der Waals surface area (Å²) in [5.74, 6) is -1.19. The number of aliphatic carboxylic acids is 1. The molecule has 2 heterocycles. The molecule has 1 atom stereocenters. The zero-order valence-electron chi connectivity index (χ0n) is 9.44. The lowest BCUT2D eigenvalue weighted by atomic mass is 9.94. The molecule has 1 aliphatic rings. The molecule has 0 aromatic carbocycles. The summed E-state index contributed by atoms with van der Waals surface area (Å²) in [7, 11) is 0. The Morgan fingerprint density at radius 1 is 1.61 bits per heavy atom. The first kappa shape index (κ1) is 13.5. The van der Waals surface area contributed by atoms with Crippen LogP contribution in [0.5, 0.6) is 0 Å². The van der Waals surface area contributed by atoms with Gasteiger partial charge in [0.1, 0.15) is 0 Å². The first-order valence-electron chi connectivity index (χ1n) is 5.37. The Morgan fingerprint density at radius 2 is 2.39 bits per heavy atom. The Labute approximate surface area is 116 Å². The second-order valence-electron chi connectivity index (χ2n) is 4.24. The van der Waals surface area contributed by atoms with Crippen LogP contribution in [0.3, 0.4) is 0 Å². The third-order valence-electron chi connectivity index (χ3n) is 2.76. The average Bonchev–Trinajstić information content (AvgIpc) is 2.87. The number of rotatable bonds is 4. The van der Waals surface area contributed by atoms with Gasteiger partial charge in [0.05, 0.1) is 23.4 Å². The molecule has 98 valence electrons. The highest BCUT2D eigenvalue weighted by atomic mass is 79.9. The van der Waals surface area contributed by atoms with Crippen LogP contribution >= 0.6 is 27.3 Å². The molecule has 5 nitrogen and oxygen atoms in total. The summed E-state index contributed by atoms with van der Waals surface area (Å²) >= 11 is 4.59. The van der Waals surface area contributed by atoms with Gasteiger partial charge in [-0.3, -0.25) is 9.59 Å². The second-order valence-corrected chi connectivity index (χ2v) is 6.06. The SMILES string of the molecule is O=C(O)CC1(NC(=O)c2cc(Br)cs2)CCOC1. The topological polar surface area (TPSA) is 75.6 Å². The van der Waals surface area contributed by atoms with Crippen molar-refractivity contribution in [3.63, 3.8) is 0 Å². The number of thiophene rings is 1. The molecule has 0 bridgehead atoms. The van der Waals surface area contributed by atoms with E-state index in [0.29, 0.717) is 17.9 Å². The number of halogens is 1. The largest absolute Gasteiger partial charge is 0.481 e. The van der Waals surface area contributed by atoms with E-state index >= 15 is 0 Å². The van der Waals surface area contributed by atoms with Crippen molar-refractivity contribution in [2.75, 3.05) is 13.2 Å². The lowest BCUT2D eigenvalue weighted by molar-refractivity contribution is -0.138. The number of carbonyl (C=O) groups is 2. The van der Waals surface area contributed by atoms with Crippen molar-refractivity contribution in [3.05, 3.63) is 20.8 Å². The number of hydrogen-bond donors (Lipinski definition) is 2. The van der Waals surface area contributed by atoms with Crippen molar-refractivity contribution in [3.8, 4) is 0 Å². The zero-order chi connectivity index (χ0) is 13.2. The van der Waals surface area contributed by atoms with E-state index in [1.54, 1.807) is 6.07 Å². The van der Waals surface area contributed by atoms with E-state index in [4.69, 9.17) is 9.84 Å². The molecule has 0 aliphatic carbocycles. The third kappa shape index (κ3) is 3.09. The van der Waals surface area contributed by atoms with E-state index in [1.807, 2.05) is 5.38 Å². The lowest BCUT2D eigenvalue weighted by Gasteiger charge is -2.26. The molecule has 1 amide bonds. The van der Waals surface area contributed by atoms with Crippen LogP contribution in [0.4, 0.5) is 0 Å². The monoisotopic (exact) mass is 333 g/mol. The van der Waals surface area contributed by atoms with Crippen LogP contribution in [0.2, 0.25) is 0 Å². The van der Waals surface area contributed by atoms with Gasteiger partial charge >= 0.3 is 5.97 Å². The van der Waals surface area contributed by atoms with Crippen LogP contribution in [0.25, 0.3) is 0 Å². The van der Waals surface area contributed by atoms with Crippen LogP contribution in [0.1, 0.15) is 22.5 Å². The number of nitrogens with one attached hydrogen (secondary N) is 1. The Kier molecular flexibility index (Phi) is 4.04. The summed E-state index contributed by atoms with van der Waals surface area (Å²) < 4.78 is 6.06. The normalized spacial score (nSPS) is 22.9. The number of hydrogen-bond acceptors (Lipinski definition) is 4. The number of carboxylic acids is 1. The van der Waals surface area contributed by atoms with Gasteiger partial charge in [-0.25, -0.2) is 0 Å². The van der Waals surface area contributed by atoms with Crippen molar-refractivity contribution in [1.29, 1.82) is 0 Å². The molecule has 1 fully saturated rings. The van der Waals surface area contributed by atoms with Gasteiger partial charge in [0.25, 0.3) is 5.91 Å². The molecule has 2 rings (SSSR count). The standard InChI is InChI=1S/C11H12BrNO4S/c12-7-3-8(18-5-7)10(16)13-11(4-9(14)15)1-2-17-6-11/h3,5H,1-2,4,6H2,(H,13,16)(H,14,15). The minimum atomic E-state index is -0.937. The average molecular weight is 334 g/mol. The molecular formula is C11H12BrNO4S. The highest BCUT2D eigenvalue weighted by molar-refractivity contribution is 9.10. The van der Waals surface area contributed by atoms with Crippen molar-refractivity contribution in [2.45, 2.75) is 18.4 Å². The van der Waals surface area contributed by atoms with E-state index < -0.39 is 11.5 Å². The van der Waals surface area contributed by atoms with E-state index in [0.717, 1.165) is 4.47 Å². The lowest BCUT2D eigenvalue weighted by Crippen LogP contribution is -2.50. The van der Waals surface area contributed by atoms with E-state index in [1.165, 1.54) is 11.3 Å². The smallest absolute Gasteiger partial charge is 0.305 e. The molecule has 18 heavy (non-hydrogen) atoms. The molecule has 1 aromatic heterocycles. The second kappa shape index (κ2) is 5.38. The van der Waals surface area contributed by atoms with E-state index in [-0.39, 0.29) is 18.9 Å². The molecule has 7 heteroatoms. The van der Waals surface area contributed by atoms with Gasteiger partial charge in [-0.2, -0.15) is 0 Å². The van der Waals surface area contributed by atoms with Crippen LogP contribution in [0, 0.1) is 0 Å². The molecule has 2 N–H and O–H groups in total. The minimum absolute atomic E-state index is 0.120. The predicted octanol–water partition coefficient (Wildman–Crippen LogP) is 1.87. The molecule has 0 saturated carbocycles. The summed E-state index contributed by atoms with van der Waals surface area (Å²) in [5.41, 5.74) is -0.778. The van der Waals surface area contributed by atoms with Crippen LogP contribution in [-0.2, 0) is 9.53 Å². The highest BCUT2D eigenvalue weighted by Crippen LogP contribution is 2.25. The predicted molar refractivity (Wildman–Crippen MR) is 69.9 cm³/mol. The van der Waals surface area contributed by atoms with Gasteiger partial charge in [-0.1, -0.05) is 0 Å². The first-order valence-corrected chi connectivity index (χ1v) is 7.04. The fraction of sp³-hybridized carbons (Fsp3) is 0.455. The fourth-order valence-electron chi connectivity index (χ4n) is 1.91. The van der Waals surface area contributed by atoms with E-state index in [9.17, 15) is 9.59 Å². The van der Waals surface area contributed by atoms with Crippen LogP contribution in [-0.4, -0.2) is 35.7 Å². The molecular weight excluding hydrogens is 322 g/mol. The first-order chi connectivity index (χ1) is 8.51. The number of carbonyl (C=O) groups excluding carboxylic acids is 1. The van der Waals surface area contributed by atoms with Gasteiger partial charge in [-0.05, 0) is 28.4 Å². The number of carboxylic acid groups (broad SMARTS) is 1. The zero-order valence-corrected chi connectivity index (χ0v) is 11.8. The van der Waals surface area contributed by atoms with Crippen molar-refractivity contribution >= 4 is 39.1 Å². The Balaban J connectivity index is 2.09. The van der Waals surface area contributed by atoms with Crippen molar-refractivity contribution < 1.29 is 19.4 Å². The molecule has 1 unspecified atom stereocenters. The van der Waals surface area contributed by atoms with Gasteiger partial charge < -0.3 is 15.2 Å². The maximum absolute atomic E-state index is 12.0. The summed E-state index contributed by atoms with van der Waals surface area (Å²) in [6.07, 6.45) is 0.406. The summed E-state index contributed by atoms with van der Waals surface area (Å²) in [4.78, 5) is 23.5. The number of amides is 1. The Bertz CT molecular complexity index is 467. The Hall–Kier alpha value is -0.920. The van der Waals surface area contributed by atoms with Gasteiger partial charge in [0, 0.05) is 16.5 Å². The summed E-state index contributed by atoms with van der Waals surface area (Å²) in [5, 5.41) is 13.5. The van der Waals surface area contributed by atoms with Gasteiger partial charge in [0.2, 0.25) is 0 Å². The fourth-order valence-corrected chi connectivity index (χ4v) is 3.23. The molecule has 1 aromatic rings. The molecule has 1 saturated heterocycles. The van der Waals surface area contributed by atoms with E-state index in [2.05, 4.69) is 21.2 Å². The maximum atomic E-state index is 12.0. The summed E-state index contributed by atoms with van der Waals surface area (Å²) in [6.45, 7) is 0.722. The van der Waals surface area contributed by atoms with Gasteiger partial charge in [0.15, 0.2) is 0 Å². The Morgan fingerprint density at radius 3 is 2.89 bits per heavy atom. The molecule has 0 radical (unpaired) electrons. The minimum Gasteiger partial charge on any atom is -0.481 e. The maximum Gasteiger partial charge on any atom is 0.305 e. The van der Waals surface area contributed by atoms with Crippen LogP contribution in [0.15, 0.2) is 15.9 Å². The van der Waals surface area contributed by atoms with Gasteiger partial charge in [-0.15, -0.1) is 11.3 Å². The summed E-state index contributed by atoms with van der Waals surface area (Å²) in [6, 6.07) is 1.71. The molecule has 1 aliphatic heterocycles. The number of ether oxygens (including phenoxy) is 1. The van der Waals surface area contributed by atoms with Crippen LogP contribution < -0.4 is 5.32 Å². The van der Waals surface area contributed by atoms with Crippen molar-refractivity contribution in [1.82, 2.24) is 5.32 Å². The highest BCUT2D eigenvalue weighted by Gasteiger charge is 2.38. The third-order valence-corrected chi connectivity index (χ3v) is 4.45. The molecule has 0 spiro atoms.